The van der Waals surface area contributed by atoms with Crippen LogP contribution in [0.15, 0.2) is 30.3 Å². The van der Waals surface area contributed by atoms with Crippen molar-refractivity contribution in [2.45, 2.75) is 52.9 Å². The van der Waals surface area contributed by atoms with Gasteiger partial charge in [-0.3, -0.25) is 4.79 Å². The van der Waals surface area contributed by atoms with Crippen LogP contribution < -0.4 is 10.6 Å². The molecule has 5 nitrogen and oxygen atoms in total. The number of aryl methyl sites for hydroxylation is 1. The van der Waals surface area contributed by atoms with Crippen LogP contribution in [0.2, 0.25) is 0 Å². The number of aromatic nitrogens is 2. The maximum Gasteiger partial charge on any atom is 0.270 e. The zero-order valence-electron chi connectivity index (χ0n) is 15.6. The summed E-state index contributed by atoms with van der Waals surface area (Å²) in [7, 11) is 0. The van der Waals surface area contributed by atoms with Crippen LogP contribution >= 0.6 is 0 Å². The number of nitrogens with zero attached hydrogens (tertiary/aromatic N) is 2. The van der Waals surface area contributed by atoms with E-state index in [0.29, 0.717) is 24.1 Å². The lowest BCUT2D eigenvalue weighted by Gasteiger charge is -2.10. The van der Waals surface area contributed by atoms with E-state index in [1.807, 2.05) is 19.1 Å². The number of anilines is 2. The van der Waals surface area contributed by atoms with Gasteiger partial charge in [0.25, 0.3) is 5.91 Å². The first-order valence-corrected chi connectivity index (χ1v) is 9.00. The van der Waals surface area contributed by atoms with Gasteiger partial charge in [-0.15, -0.1) is 0 Å². The van der Waals surface area contributed by atoms with Gasteiger partial charge < -0.3 is 10.6 Å². The molecule has 2 rings (SSSR count). The molecule has 0 fully saturated rings. The molecule has 1 aromatic heterocycles. The summed E-state index contributed by atoms with van der Waals surface area (Å²) in [5.74, 6) is 0.781. The Morgan fingerprint density at radius 1 is 1.12 bits per heavy atom. The molecular weight excluding hydrogens is 312 g/mol. The standard InChI is InChI=1S/C20H28N4O/c1-5-6-7-12-21-19(25)18-13-15(4)22-20(24-18)23-17-10-8-16(9-11-17)14(2)3/h8-11,13-14H,5-7,12H2,1-4H3,(H,21,25)(H,22,23,24). The molecule has 0 bridgehead atoms. The number of unbranched alkanes of at least 4 members (excludes halogenated alkanes) is 2. The lowest BCUT2D eigenvalue weighted by molar-refractivity contribution is 0.0948. The average Bonchev–Trinajstić information content (AvgIpc) is 2.58. The van der Waals surface area contributed by atoms with Crippen LogP contribution in [0.5, 0.6) is 0 Å². The molecule has 1 aromatic carbocycles. The van der Waals surface area contributed by atoms with E-state index in [-0.39, 0.29) is 5.91 Å². The Morgan fingerprint density at radius 2 is 1.84 bits per heavy atom. The first kappa shape index (κ1) is 18.9. The second-order valence-electron chi connectivity index (χ2n) is 6.58. The molecule has 1 amide bonds. The molecule has 0 unspecified atom stereocenters. The minimum absolute atomic E-state index is 0.153. The smallest absolute Gasteiger partial charge is 0.270 e. The summed E-state index contributed by atoms with van der Waals surface area (Å²) in [5.41, 5.74) is 3.34. The zero-order valence-corrected chi connectivity index (χ0v) is 15.6. The third kappa shape index (κ3) is 5.85. The number of nitrogens with one attached hydrogen (secondary N) is 2. The molecule has 0 aliphatic rings. The Hall–Kier alpha value is -2.43. The first-order chi connectivity index (χ1) is 12.0. The molecule has 5 heteroatoms. The molecule has 0 aliphatic carbocycles. The average molecular weight is 340 g/mol. The van der Waals surface area contributed by atoms with Gasteiger partial charge in [0.1, 0.15) is 5.69 Å². The Labute approximate surface area is 150 Å². The Morgan fingerprint density at radius 3 is 2.48 bits per heavy atom. The van der Waals surface area contributed by atoms with Gasteiger partial charge in [-0.25, -0.2) is 9.97 Å². The van der Waals surface area contributed by atoms with Crippen molar-refractivity contribution in [2.24, 2.45) is 0 Å². The predicted octanol–water partition coefficient (Wildman–Crippen LogP) is 4.57. The van der Waals surface area contributed by atoms with Crippen LogP contribution in [-0.2, 0) is 0 Å². The number of rotatable bonds is 8. The molecule has 1 heterocycles. The third-order valence-electron chi connectivity index (χ3n) is 3.99. The highest BCUT2D eigenvalue weighted by Crippen LogP contribution is 2.19. The number of amides is 1. The van der Waals surface area contributed by atoms with Crippen molar-refractivity contribution >= 4 is 17.5 Å². The number of hydrogen-bond acceptors (Lipinski definition) is 4. The molecule has 2 aromatic rings. The van der Waals surface area contributed by atoms with E-state index in [4.69, 9.17) is 0 Å². The second-order valence-corrected chi connectivity index (χ2v) is 6.58. The van der Waals surface area contributed by atoms with Crippen LogP contribution in [0.4, 0.5) is 11.6 Å². The van der Waals surface area contributed by atoms with Crippen LogP contribution in [0, 0.1) is 6.92 Å². The van der Waals surface area contributed by atoms with E-state index in [1.54, 1.807) is 6.07 Å². The summed E-state index contributed by atoms with van der Waals surface area (Å²) in [5, 5.41) is 6.10. The minimum atomic E-state index is -0.153. The maximum atomic E-state index is 12.3. The van der Waals surface area contributed by atoms with Gasteiger partial charge in [0, 0.05) is 17.9 Å². The molecule has 0 aliphatic heterocycles. The van der Waals surface area contributed by atoms with Crippen molar-refractivity contribution in [3.8, 4) is 0 Å². The summed E-state index contributed by atoms with van der Waals surface area (Å²) >= 11 is 0. The van der Waals surface area contributed by atoms with E-state index >= 15 is 0 Å². The Bertz CT molecular complexity index is 695. The van der Waals surface area contributed by atoms with E-state index in [2.05, 4.69) is 53.5 Å². The molecule has 0 saturated carbocycles. The van der Waals surface area contributed by atoms with Crippen molar-refractivity contribution in [1.82, 2.24) is 15.3 Å². The van der Waals surface area contributed by atoms with Gasteiger partial charge in [0.15, 0.2) is 0 Å². The van der Waals surface area contributed by atoms with Crippen molar-refractivity contribution < 1.29 is 4.79 Å². The van der Waals surface area contributed by atoms with Gasteiger partial charge in [0.05, 0.1) is 0 Å². The van der Waals surface area contributed by atoms with Crippen molar-refractivity contribution in [1.29, 1.82) is 0 Å². The van der Waals surface area contributed by atoms with Crippen LogP contribution in [0.25, 0.3) is 0 Å². The highest BCUT2D eigenvalue weighted by molar-refractivity contribution is 5.92. The van der Waals surface area contributed by atoms with E-state index in [0.717, 1.165) is 30.6 Å². The molecule has 2 N–H and O–H groups in total. The van der Waals surface area contributed by atoms with Crippen molar-refractivity contribution in [3.05, 3.63) is 47.3 Å². The zero-order chi connectivity index (χ0) is 18.2. The summed E-state index contributed by atoms with van der Waals surface area (Å²) in [6, 6.07) is 9.90. The first-order valence-electron chi connectivity index (χ1n) is 9.00. The Balaban J connectivity index is 2.06. The summed E-state index contributed by atoms with van der Waals surface area (Å²) in [4.78, 5) is 21.0. The molecular formula is C20H28N4O. The van der Waals surface area contributed by atoms with Gasteiger partial charge >= 0.3 is 0 Å². The second kappa shape index (κ2) is 9.16. The number of hydrogen-bond donors (Lipinski definition) is 2. The van der Waals surface area contributed by atoms with E-state index < -0.39 is 0 Å². The van der Waals surface area contributed by atoms with Gasteiger partial charge in [-0.1, -0.05) is 45.7 Å². The van der Waals surface area contributed by atoms with Crippen LogP contribution in [0.3, 0.4) is 0 Å². The third-order valence-corrected chi connectivity index (χ3v) is 3.99. The number of benzene rings is 1. The predicted molar refractivity (Wildman–Crippen MR) is 102 cm³/mol. The number of carbonyl (C=O) groups is 1. The topological polar surface area (TPSA) is 66.9 Å². The van der Waals surface area contributed by atoms with Crippen LogP contribution in [0.1, 0.15) is 67.7 Å². The highest BCUT2D eigenvalue weighted by Gasteiger charge is 2.10. The lowest BCUT2D eigenvalue weighted by Crippen LogP contribution is -2.25. The minimum Gasteiger partial charge on any atom is -0.351 e. The molecule has 134 valence electrons. The van der Waals surface area contributed by atoms with Gasteiger partial charge in [-0.2, -0.15) is 0 Å². The van der Waals surface area contributed by atoms with Gasteiger partial charge in [0.2, 0.25) is 5.95 Å². The summed E-state index contributed by atoms with van der Waals surface area (Å²) in [6.45, 7) is 9.01. The highest BCUT2D eigenvalue weighted by atomic mass is 16.1. The number of carbonyl (C=O) groups excluding carboxylic acids is 1. The fraction of sp³-hybridized carbons (Fsp3) is 0.450. The quantitative estimate of drug-likeness (QED) is 0.691. The SMILES string of the molecule is CCCCCNC(=O)c1cc(C)nc(Nc2ccc(C(C)C)cc2)n1. The van der Waals surface area contributed by atoms with Crippen molar-refractivity contribution in [3.63, 3.8) is 0 Å². The molecule has 25 heavy (non-hydrogen) atoms. The maximum absolute atomic E-state index is 12.3. The normalized spacial score (nSPS) is 10.8. The summed E-state index contributed by atoms with van der Waals surface area (Å²) in [6.07, 6.45) is 3.23. The summed E-state index contributed by atoms with van der Waals surface area (Å²) < 4.78 is 0. The Kier molecular flexibility index (Phi) is 6.92. The fourth-order valence-corrected chi connectivity index (χ4v) is 2.49. The lowest BCUT2D eigenvalue weighted by atomic mass is 10.0. The van der Waals surface area contributed by atoms with E-state index in [9.17, 15) is 4.79 Å². The monoisotopic (exact) mass is 340 g/mol. The van der Waals surface area contributed by atoms with Crippen LogP contribution in [-0.4, -0.2) is 22.4 Å². The van der Waals surface area contributed by atoms with Crippen molar-refractivity contribution in [2.75, 3.05) is 11.9 Å². The molecule has 0 atom stereocenters. The van der Waals surface area contributed by atoms with E-state index in [1.165, 1.54) is 5.56 Å². The molecule has 0 spiro atoms. The van der Waals surface area contributed by atoms with Gasteiger partial charge in [-0.05, 0) is 43.0 Å². The largest absolute Gasteiger partial charge is 0.351 e. The molecule has 0 radical (unpaired) electrons. The molecule has 0 saturated heterocycles. The fourth-order valence-electron chi connectivity index (χ4n) is 2.49.